The van der Waals surface area contributed by atoms with Crippen LogP contribution in [-0.2, 0) is 7.05 Å². The molecule has 0 bridgehead atoms. The summed E-state index contributed by atoms with van der Waals surface area (Å²) in [5.74, 6) is 0.316. The Hall–Kier alpha value is -2.53. The molecular formula is C16H15NO4. The zero-order chi connectivity index (χ0) is 15.0. The molecule has 0 aliphatic rings. The van der Waals surface area contributed by atoms with Gasteiger partial charge in [0.25, 0.3) is 0 Å². The molecule has 0 saturated heterocycles. The van der Waals surface area contributed by atoms with E-state index in [0.717, 1.165) is 11.3 Å². The van der Waals surface area contributed by atoms with Gasteiger partial charge in [0.05, 0.1) is 12.6 Å². The second kappa shape index (κ2) is 5.10. The lowest BCUT2D eigenvalue weighted by Crippen LogP contribution is -2.08. The third-order valence-corrected chi connectivity index (χ3v) is 3.56. The van der Waals surface area contributed by atoms with Crippen molar-refractivity contribution in [1.82, 2.24) is 4.57 Å². The molecule has 1 aromatic heterocycles. The third-order valence-electron chi connectivity index (χ3n) is 3.56. The van der Waals surface area contributed by atoms with Crippen LogP contribution in [0.15, 0.2) is 51.7 Å². The minimum absolute atomic E-state index is 0.416. The van der Waals surface area contributed by atoms with Crippen molar-refractivity contribution in [1.29, 1.82) is 0 Å². The van der Waals surface area contributed by atoms with Gasteiger partial charge in [0.15, 0.2) is 5.58 Å². The molecule has 3 aromatic rings. The maximum absolute atomic E-state index is 11.5. The second-order valence-corrected chi connectivity index (χ2v) is 4.83. The van der Waals surface area contributed by atoms with Crippen molar-refractivity contribution in [2.45, 2.75) is 6.10 Å². The predicted molar refractivity (Wildman–Crippen MR) is 78.5 cm³/mol. The van der Waals surface area contributed by atoms with Crippen LogP contribution in [0.1, 0.15) is 17.2 Å². The number of aryl methyl sites for hydroxylation is 1. The van der Waals surface area contributed by atoms with Crippen LogP contribution >= 0.6 is 0 Å². The zero-order valence-corrected chi connectivity index (χ0v) is 11.7. The predicted octanol–water partition coefficient (Wildman–Crippen LogP) is 2.22. The Morgan fingerprint density at radius 2 is 1.81 bits per heavy atom. The van der Waals surface area contributed by atoms with E-state index in [2.05, 4.69) is 0 Å². The van der Waals surface area contributed by atoms with Crippen molar-refractivity contribution < 1.29 is 14.3 Å². The standard InChI is InChI=1S/C16H15NO4/c1-17-13-8-5-11(9-14(13)21-16(17)19)15(18)10-3-6-12(20-2)7-4-10/h3-9,15,18H,1-2H3. The first kappa shape index (κ1) is 13.5. The summed E-state index contributed by atoms with van der Waals surface area (Å²) in [4.78, 5) is 11.5. The number of hydrogen-bond donors (Lipinski definition) is 1. The molecule has 2 aromatic carbocycles. The molecule has 5 heteroatoms. The molecule has 1 unspecified atom stereocenters. The van der Waals surface area contributed by atoms with Gasteiger partial charge in [-0.2, -0.15) is 0 Å². The average molecular weight is 285 g/mol. The quantitative estimate of drug-likeness (QED) is 0.801. The first-order chi connectivity index (χ1) is 10.1. The highest BCUT2D eigenvalue weighted by molar-refractivity contribution is 5.74. The van der Waals surface area contributed by atoms with Crippen LogP contribution in [0.25, 0.3) is 11.1 Å². The molecule has 1 atom stereocenters. The van der Waals surface area contributed by atoms with Gasteiger partial charge in [-0.1, -0.05) is 18.2 Å². The fourth-order valence-electron chi connectivity index (χ4n) is 2.30. The topological polar surface area (TPSA) is 64.6 Å². The number of methoxy groups -OCH3 is 1. The fourth-order valence-corrected chi connectivity index (χ4v) is 2.30. The Morgan fingerprint density at radius 3 is 2.48 bits per heavy atom. The molecule has 5 nitrogen and oxygen atoms in total. The number of aliphatic hydroxyl groups is 1. The highest BCUT2D eigenvalue weighted by atomic mass is 16.5. The number of rotatable bonds is 3. The number of ether oxygens (including phenoxy) is 1. The van der Waals surface area contributed by atoms with Gasteiger partial charge in [-0.3, -0.25) is 4.57 Å². The monoisotopic (exact) mass is 285 g/mol. The van der Waals surface area contributed by atoms with Gasteiger partial charge in [-0.15, -0.1) is 0 Å². The van der Waals surface area contributed by atoms with E-state index in [0.29, 0.717) is 16.7 Å². The molecule has 0 spiro atoms. The van der Waals surface area contributed by atoms with Gasteiger partial charge in [0.2, 0.25) is 0 Å². The number of benzene rings is 2. The first-order valence-electron chi connectivity index (χ1n) is 6.51. The first-order valence-corrected chi connectivity index (χ1v) is 6.51. The Labute approximate surface area is 121 Å². The summed E-state index contributed by atoms with van der Waals surface area (Å²) in [6.45, 7) is 0. The van der Waals surface area contributed by atoms with E-state index in [-0.39, 0.29) is 0 Å². The van der Waals surface area contributed by atoms with Crippen LogP contribution in [0.2, 0.25) is 0 Å². The van der Waals surface area contributed by atoms with E-state index in [1.54, 1.807) is 56.6 Å². The summed E-state index contributed by atoms with van der Waals surface area (Å²) in [5.41, 5.74) is 2.58. The van der Waals surface area contributed by atoms with Gasteiger partial charge in [0.1, 0.15) is 11.9 Å². The molecule has 1 heterocycles. The summed E-state index contributed by atoms with van der Waals surface area (Å²) in [7, 11) is 3.24. The lowest BCUT2D eigenvalue weighted by Gasteiger charge is -2.12. The van der Waals surface area contributed by atoms with Gasteiger partial charge in [0, 0.05) is 7.05 Å². The maximum Gasteiger partial charge on any atom is 0.419 e. The van der Waals surface area contributed by atoms with Crippen molar-refractivity contribution in [2.75, 3.05) is 7.11 Å². The van der Waals surface area contributed by atoms with Gasteiger partial charge in [-0.25, -0.2) is 4.79 Å². The number of oxazole rings is 1. The van der Waals surface area contributed by atoms with Gasteiger partial charge < -0.3 is 14.3 Å². The minimum atomic E-state index is -0.786. The summed E-state index contributed by atoms with van der Waals surface area (Å²) in [5, 5.41) is 10.4. The SMILES string of the molecule is COc1ccc(C(O)c2ccc3c(c2)oc(=O)n3C)cc1. The van der Waals surface area contributed by atoms with Crippen LogP contribution < -0.4 is 10.5 Å². The molecule has 0 radical (unpaired) electrons. The number of fused-ring (bicyclic) bond motifs is 1. The van der Waals surface area contributed by atoms with Crippen molar-refractivity contribution >= 4 is 11.1 Å². The van der Waals surface area contributed by atoms with E-state index in [4.69, 9.17) is 9.15 Å². The normalized spacial score (nSPS) is 12.5. The summed E-state index contributed by atoms with van der Waals surface area (Å²) >= 11 is 0. The molecular weight excluding hydrogens is 270 g/mol. The highest BCUT2D eigenvalue weighted by Crippen LogP contribution is 2.26. The van der Waals surface area contributed by atoms with Gasteiger partial charge >= 0.3 is 5.76 Å². The summed E-state index contributed by atoms with van der Waals surface area (Å²) in [6, 6.07) is 12.4. The smallest absolute Gasteiger partial charge is 0.419 e. The molecule has 21 heavy (non-hydrogen) atoms. The van der Waals surface area contributed by atoms with Crippen molar-refractivity contribution in [3.63, 3.8) is 0 Å². The molecule has 108 valence electrons. The average Bonchev–Trinajstić information content (AvgIpc) is 2.81. The molecule has 0 fully saturated rings. The molecule has 1 N–H and O–H groups in total. The minimum Gasteiger partial charge on any atom is -0.497 e. The van der Waals surface area contributed by atoms with Crippen molar-refractivity contribution in [3.05, 3.63) is 64.1 Å². The van der Waals surface area contributed by atoms with Crippen LogP contribution in [0.3, 0.4) is 0 Å². The third kappa shape index (κ3) is 2.32. The van der Waals surface area contributed by atoms with E-state index >= 15 is 0 Å². The van der Waals surface area contributed by atoms with E-state index < -0.39 is 11.9 Å². The van der Waals surface area contributed by atoms with Crippen LogP contribution in [-0.4, -0.2) is 16.8 Å². The Morgan fingerprint density at radius 1 is 1.14 bits per heavy atom. The van der Waals surface area contributed by atoms with Gasteiger partial charge in [-0.05, 0) is 35.4 Å². The molecule has 0 amide bonds. The summed E-state index contributed by atoms with van der Waals surface area (Å²) < 4.78 is 11.7. The number of nitrogens with zero attached hydrogens (tertiary/aromatic N) is 1. The summed E-state index contributed by atoms with van der Waals surface area (Å²) in [6.07, 6.45) is -0.786. The lowest BCUT2D eigenvalue weighted by molar-refractivity contribution is 0.220. The molecule has 0 aliphatic carbocycles. The lowest BCUT2D eigenvalue weighted by atomic mass is 10.0. The van der Waals surface area contributed by atoms with E-state index in [1.807, 2.05) is 0 Å². The maximum atomic E-state index is 11.5. The van der Waals surface area contributed by atoms with E-state index in [9.17, 15) is 9.90 Å². The number of aliphatic hydroxyl groups excluding tert-OH is 1. The number of aromatic nitrogens is 1. The molecule has 3 rings (SSSR count). The Balaban J connectivity index is 2.00. The van der Waals surface area contributed by atoms with Crippen LogP contribution in [0.4, 0.5) is 0 Å². The van der Waals surface area contributed by atoms with Crippen molar-refractivity contribution in [3.8, 4) is 5.75 Å². The second-order valence-electron chi connectivity index (χ2n) is 4.83. The van der Waals surface area contributed by atoms with E-state index in [1.165, 1.54) is 4.57 Å². The molecule has 0 saturated carbocycles. The largest absolute Gasteiger partial charge is 0.497 e. The molecule has 0 aliphatic heterocycles. The zero-order valence-electron chi connectivity index (χ0n) is 11.7. The Kier molecular flexibility index (Phi) is 3.27. The highest BCUT2D eigenvalue weighted by Gasteiger charge is 2.13. The van der Waals surface area contributed by atoms with Crippen LogP contribution in [0, 0.1) is 0 Å². The Bertz CT molecular complexity index is 830. The van der Waals surface area contributed by atoms with Crippen LogP contribution in [0.5, 0.6) is 5.75 Å². The van der Waals surface area contributed by atoms with Crippen molar-refractivity contribution in [2.24, 2.45) is 7.05 Å². The number of hydrogen-bond acceptors (Lipinski definition) is 4. The fraction of sp³-hybridized carbons (Fsp3) is 0.188.